The fraction of sp³-hybridized carbons (Fsp3) is 0.500. The van der Waals surface area contributed by atoms with Gasteiger partial charge < -0.3 is 15.4 Å². The SMILES string of the molecule is CCNC(=NCCCCOc1ccc(F)cc1)NC1CC=CC1. The molecular formula is C18H26FN3O. The van der Waals surface area contributed by atoms with Gasteiger partial charge in [-0.3, -0.25) is 4.99 Å². The molecule has 0 atom stereocenters. The molecule has 0 fully saturated rings. The minimum atomic E-state index is -0.243. The Bertz CT molecular complexity index is 506. The standard InChI is InChI=1S/C18H26FN3O/c1-2-20-18(22-16-7-3-4-8-16)21-13-5-6-14-23-17-11-9-15(19)10-12-17/h3-4,9-12,16H,2,5-8,13-14H2,1H3,(H2,20,21,22). The second-order valence-corrected chi connectivity index (χ2v) is 5.55. The zero-order valence-corrected chi connectivity index (χ0v) is 13.7. The van der Waals surface area contributed by atoms with Gasteiger partial charge in [0, 0.05) is 19.1 Å². The Hall–Kier alpha value is -2.04. The normalized spacial score (nSPS) is 15.0. The minimum Gasteiger partial charge on any atom is -0.494 e. The van der Waals surface area contributed by atoms with Crippen molar-refractivity contribution in [3.05, 3.63) is 42.2 Å². The lowest BCUT2D eigenvalue weighted by Crippen LogP contribution is -2.42. The summed E-state index contributed by atoms with van der Waals surface area (Å²) < 4.78 is 18.3. The van der Waals surface area contributed by atoms with Gasteiger partial charge in [0.1, 0.15) is 11.6 Å². The van der Waals surface area contributed by atoms with E-state index in [1.165, 1.54) is 12.1 Å². The average molecular weight is 319 g/mol. The van der Waals surface area contributed by atoms with E-state index in [0.717, 1.165) is 44.7 Å². The first kappa shape index (κ1) is 17.3. The minimum absolute atomic E-state index is 0.243. The first-order valence-electron chi connectivity index (χ1n) is 8.36. The highest BCUT2D eigenvalue weighted by molar-refractivity contribution is 5.80. The lowest BCUT2D eigenvalue weighted by atomic mass is 10.2. The largest absolute Gasteiger partial charge is 0.494 e. The van der Waals surface area contributed by atoms with Crippen LogP contribution in [0.3, 0.4) is 0 Å². The Morgan fingerprint density at radius 2 is 1.96 bits per heavy atom. The molecule has 0 heterocycles. The van der Waals surface area contributed by atoms with Gasteiger partial charge in [0.15, 0.2) is 5.96 Å². The molecule has 2 rings (SSSR count). The fourth-order valence-electron chi connectivity index (χ4n) is 2.37. The summed E-state index contributed by atoms with van der Waals surface area (Å²) in [5.74, 6) is 1.35. The molecule has 1 aromatic rings. The number of nitrogens with zero attached hydrogens (tertiary/aromatic N) is 1. The molecule has 2 N–H and O–H groups in total. The number of guanidine groups is 1. The lowest BCUT2D eigenvalue weighted by Gasteiger charge is -2.16. The van der Waals surface area contributed by atoms with E-state index in [2.05, 4.69) is 34.7 Å². The summed E-state index contributed by atoms with van der Waals surface area (Å²) in [6.45, 7) is 4.32. The van der Waals surface area contributed by atoms with Gasteiger partial charge >= 0.3 is 0 Å². The van der Waals surface area contributed by atoms with Crippen LogP contribution in [-0.4, -0.2) is 31.7 Å². The predicted octanol–water partition coefficient (Wildman–Crippen LogP) is 3.26. The van der Waals surface area contributed by atoms with Gasteiger partial charge in [-0.2, -0.15) is 0 Å². The number of hydrogen-bond acceptors (Lipinski definition) is 2. The topological polar surface area (TPSA) is 45.7 Å². The monoisotopic (exact) mass is 319 g/mol. The first-order valence-corrected chi connectivity index (χ1v) is 8.36. The van der Waals surface area contributed by atoms with Crippen molar-refractivity contribution in [3.8, 4) is 5.75 Å². The van der Waals surface area contributed by atoms with Crippen LogP contribution in [0, 0.1) is 5.82 Å². The van der Waals surface area contributed by atoms with Crippen LogP contribution in [0.25, 0.3) is 0 Å². The van der Waals surface area contributed by atoms with E-state index in [9.17, 15) is 4.39 Å². The Balaban J connectivity index is 1.62. The number of aliphatic imine (C=N–C) groups is 1. The molecule has 0 radical (unpaired) electrons. The molecule has 1 aliphatic rings. The summed E-state index contributed by atoms with van der Waals surface area (Å²) in [7, 11) is 0. The number of ether oxygens (including phenoxy) is 1. The van der Waals surface area contributed by atoms with Crippen LogP contribution in [0.4, 0.5) is 4.39 Å². The van der Waals surface area contributed by atoms with Crippen molar-refractivity contribution in [1.29, 1.82) is 0 Å². The maximum absolute atomic E-state index is 12.8. The van der Waals surface area contributed by atoms with Crippen LogP contribution in [0.5, 0.6) is 5.75 Å². The van der Waals surface area contributed by atoms with Crippen LogP contribution >= 0.6 is 0 Å². The lowest BCUT2D eigenvalue weighted by molar-refractivity contribution is 0.307. The summed E-state index contributed by atoms with van der Waals surface area (Å²) in [6.07, 6.45) is 8.42. The molecule has 1 aromatic carbocycles. The summed E-state index contributed by atoms with van der Waals surface area (Å²) in [5, 5.41) is 6.72. The van der Waals surface area contributed by atoms with Crippen LogP contribution < -0.4 is 15.4 Å². The van der Waals surface area contributed by atoms with Gasteiger partial charge in [0.2, 0.25) is 0 Å². The molecule has 0 amide bonds. The van der Waals surface area contributed by atoms with Gasteiger partial charge in [-0.05, 0) is 56.9 Å². The third-order valence-electron chi connectivity index (χ3n) is 3.60. The van der Waals surface area contributed by atoms with Crippen molar-refractivity contribution in [3.63, 3.8) is 0 Å². The second-order valence-electron chi connectivity index (χ2n) is 5.55. The highest BCUT2D eigenvalue weighted by Gasteiger charge is 2.11. The third kappa shape index (κ3) is 6.72. The Kier molecular flexibility index (Phi) is 7.43. The number of halogens is 1. The van der Waals surface area contributed by atoms with Crippen LogP contribution in [0.1, 0.15) is 32.6 Å². The van der Waals surface area contributed by atoms with Crippen molar-refractivity contribution >= 4 is 5.96 Å². The van der Waals surface area contributed by atoms with E-state index >= 15 is 0 Å². The van der Waals surface area contributed by atoms with Crippen LogP contribution in [-0.2, 0) is 0 Å². The van der Waals surface area contributed by atoms with Crippen molar-refractivity contribution in [2.75, 3.05) is 19.7 Å². The second kappa shape index (κ2) is 9.87. The molecule has 126 valence electrons. The number of unbranched alkanes of at least 4 members (excludes halogenated alkanes) is 1. The quantitative estimate of drug-likeness (QED) is 0.335. The Labute approximate surface area is 137 Å². The molecule has 1 aliphatic carbocycles. The zero-order chi connectivity index (χ0) is 16.3. The Morgan fingerprint density at radius 1 is 1.22 bits per heavy atom. The molecule has 0 saturated carbocycles. The number of rotatable bonds is 8. The molecule has 0 saturated heterocycles. The maximum atomic E-state index is 12.8. The van der Waals surface area contributed by atoms with Crippen LogP contribution in [0.2, 0.25) is 0 Å². The summed E-state index contributed by atoms with van der Waals surface area (Å²) in [6, 6.07) is 6.58. The van der Waals surface area contributed by atoms with E-state index in [4.69, 9.17) is 4.74 Å². The van der Waals surface area contributed by atoms with E-state index in [0.29, 0.717) is 18.4 Å². The van der Waals surface area contributed by atoms with Crippen molar-refractivity contribution < 1.29 is 9.13 Å². The number of hydrogen-bond donors (Lipinski definition) is 2. The van der Waals surface area contributed by atoms with Gasteiger partial charge in [0.25, 0.3) is 0 Å². The average Bonchev–Trinajstić information content (AvgIpc) is 3.05. The highest BCUT2D eigenvalue weighted by Crippen LogP contribution is 2.11. The van der Waals surface area contributed by atoms with Gasteiger partial charge in [0.05, 0.1) is 6.61 Å². The molecule has 23 heavy (non-hydrogen) atoms. The fourth-order valence-corrected chi connectivity index (χ4v) is 2.37. The van der Waals surface area contributed by atoms with E-state index in [1.807, 2.05) is 0 Å². The number of benzene rings is 1. The molecule has 0 aromatic heterocycles. The van der Waals surface area contributed by atoms with E-state index in [-0.39, 0.29) is 5.82 Å². The molecule has 0 unspecified atom stereocenters. The predicted molar refractivity (Wildman–Crippen MR) is 92.4 cm³/mol. The summed E-state index contributed by atoms with van der Waals surface area (Å²) >= 11 is 0. The molecule has 5 heteroatoms. The number of nitrogens with one attached hydrogen (secondary N) is 2. The third-order valence-corrected chi connectivity index (χ3v) is 3.60. The molecule has 0 bridgehead atoms. The van der Waals surface area contributed by atoms with E-state index in [1.54, 1.807) is 12.1 Å². The first-order chi connectivity index (χ1) is 11.3. The van der Waals surface area contributed by atoms with Gasteiger partial charge in [-0.15, -0.1) is 0 Å². The Morgan fingerprint density at radius 3 is 2.65 bits per heavy atom. The van der Waals surface area contributed by atoms with Gasteiger partial charge in [-0.1, -0.05) is 12.2 Å². The van der Waals surface area contributed by atoms with Gasteiger partial charge in [-0.25, -0.2) is 4.39 Å². The summed E-state index contributed by atoms with van der Waals surface area (Å²) in [5.41, 5.74) is 0. The molecule has 4 nitrogen and oxygen atoms in total. The van der Waals surface area contributed by atoms with Crippen molar-refractivity contribution in [2.24, 2.45) is 4.99 Å². The van der Waals surface area contributed by atoms with E-state index < -0.39 is 0 Å². The van der Waals surface area contributed by atoms with Crippen LogP contribution in [0.15, 0.2) is 41.4 Å². The molecule has 0 spiro atoms. The summed E-state index contributed by atoms with van der Waals surface area (Å²) in [4.78, 5) is 4.59. The van der Waals surface area contributed by atoms with Crippen molar-refractivity contribution in [2.45, 2.75) is 38.6 Å². The highest BCUT2D eigenvalue weighted by atomic mass is 19.1. The zero-order valence-electron chi connectivity index (χ0n) is 13.7. The maximum Gasteiger partial charge on any atom is 0.191 e. The smallest absolute Gasteiger partial charge is 0.191 e. The van der Waals surface area contributed by atoms with Crippen molar-refractivity contribution in [1.82, 2.24) is 10.6 Å². The molecular weight excluding hydrogens is 293 g/mol. The molecule has 0 aliphatic heterocycles.